The van der Waals surface area contributed by atoms with Crippen molar-refractivity contribution in [1.29, 1.82) is 0 Å². The highest BCUT2D eigenvalue weighted by molar-refractivity contribution is 5.95. The fourth-order valence-electron chi connectivity index (χ4n) is 1.82. The largest absolute Gasteiger partial charge is 0.497 e. The molecule has 1 amide bonds. The average Bonchev–Trinajstić information content (AvgIpc) is 2.43. The number of hydrogen-bond donors (Lipinski definition) is 1. The molecule has 0 bridgehead atoms. The Bertz CT molecular complexity index is 485. The van der Waals surface area contributed by atoms with Gasteiger partial charge in [-0.15, -0.1) is 0 Å². The van der Waals surface area contributed by atoms with Gasteiger partial charge in [-0.3, -0.25) is 9.59 Å². The van der Waals surface area contributed by atoms with E-state index in [4.69, 9.17) is 9.84 Å². The normalized spacial score (nSPS) is 12.1. The zero-order valence-corrected chi connectivity index (χ0v) is 12.3. The molecule has 1 aromatic rings. The van der Waals surface area contributed by atoms with E-state index in [1.54, 1.807) is 36.1 Å². The third kappa shape index (κ3) is 3.98. The number of carboxylic acid groups (broad SMARTS) is 1. The van der Waals surface area contributed by atoms with Crippen LogP contribution in [-0.4, -0.2) is 41.6 Å². The van der Waals surface area contributed by atoms with Gasteiger partial charge in [-0.2, -0.15) is 0 Å². The average molecular weight is 279 g/mol. The molecule has 1 atom stereocenters. The summed E-state index contributed by atoms with van der Waals surface area (Å²) in [5.41, 5.74) is 0.496. The lowest BCUT2D eigenvalue weighted by Crippen LogP contribution is -2.41. The molecule has 0 radical (unpaired) electrons. The van der Waals surface area contributed by atoms with Gasteiger partial charge in [0.1, 0.15) is 5.75 Å². The summed E-state index contributed by atoms with van der Waals surface area (Å²) >= 11 is 0. The number of carbonyl (C=O) groups excluding carboxylic acids is 1. The molecule has 1 unspecified atom stereocenters. The van der Waals surface area contributed by atoms with Gasteiger partial charge in [0.05, 0.1) is 13.0 Å². The maximum atomic E-state index is 12.5. The predicted octanol–water partition coefficient (Wildman–Crippen LogP) is 2.27. The molecule has 1 N–H and O–H groups in total. The molecule has 0 spiro atoms. The Kier molecular flexibility index (Phi) is 5.55. The van der Waals surface area contributed by atoms with Crippen LogP contribution in [0, 0.1) is 5.92 Å². The number of carboxylic acids is 1. The summed E-state index contributed by atoms with van der Waals surface area (Å²) in [5, 5.41) is 8.99. The van der Waals surface area contributed by atoms with Crippen molar-refractivity contribution in [3.8, 4) is 5.75 Å². The van der Waals surface area contributed by atoms with Crippen molar-refractivity contribution < 1.29 is 19.4 Å². The number of rotatable bonds is 6. The van der Waals surface area contributed by atoms with Crippen molar-refractivity contribution in [3.05, 3.63) is 29.8 Å². The van der Waals surface area contributed by atoms with Crippen LogP contribution in [0.2, 0.25) is 0 Å². The Morgan fingerprint density at radius 2 is 1.95 bits per heavy atom. The van der Waals surface area contributed by atoms with E-state index in [-0.39, 0.29) is 18.5 Å². The molecule has 0 fully saturated rings. The number of amides is 1. The molecule has 0 heterocycles. The molecular formula is C15H21NO4. The predicted molar refractivity (Wildman–Crippen MR) is 76.0 cm³/mol. The first-order valence-corrected chi connectivity index (χ1v) is 6.54. The number of benzene rings is 1. The summed E-state index contributed by atoms with van der Waals surface area (Å²) in [6.07, 6.45) is 0. The van der Waals surface area contributed by atoms with Gasteiger partial charge in [-0.25, -0.2) is 0 Å². The number of nitrogens with zero attached hydrogens (tertiary/aromatic N) is 1. The van der Waals surface area contributed by atoms with Crippen LogP contribution in [0.25, 0.3) is 0 Å². The third-order valence-corrected chi connectivity index (χ3v) is 3.09. The van der Waals surface area contributed by atoms with Crippen molar-refractivity contribution in [2.45, 2.75) is 26.8 Å². The second-order valence-electron chi connectivity index (χ2n) is 5.02. The van der Waals surface area contributed by atoms with Gasteiger partial charge < -0.3 is 14.7 Å². The summed E-state index contributed by atoms with van der Waals surface area (Å²) < 4.78 is 5.10. The maximum absolute atomic E-state index is 12.5. The SMILES string of the molecule is COc1cccc(C(=O)N(CC(C)C(=O)O)C(C)C)c1. The first-order valence-electron chi connectivity index (χ1n) is 6.54. The molecule has 0 aromatic heterocycles. The highest BCUT2D eigenvalue weighted by atomic mass is 16.5. The summed E-state index contributed by atoms with van der Waals surface area (Å²) in [4.78, 5) is 25.0. The molecule has 110 valence electrons. The quantitative estimate of drug-likeness (QED) is 0.867. The topological polar surface area (TPSA) is 66.8 Å². The number of hydrogen-bond acceptors (Lipinski definition) is 3. The van der Waals surface area contributed by atoms with E-state index >= 15 is 0 Å². The van der Waals surface area contributed by atoms with Gasteiger partial charge in [0.2, 0.25) is 0 Å². The molecule has 1 aromatic carbocycles. The van der Waals surface area contributed by atoms with Crippen LogP contribution in [-0.2, 0) is 4.79 Å². The van der Waals surface area contributed by atoms with E-state index in [1.165, 1.54) is 7.11 Å². The minimum atomic E-state index is -0.908. The molecule has 0 saturated heterocycles. The van der Waals surface area contributed by atoms with Gasteiger partial charge >= 0.3 is 5.97 Å². The Labute approximate surface area is 119 Å². The minimum absolute atomic E-state index is 0.0736. The van der Waals surface area contributed by atoms with E-state index in [0.29, 0.717) is 11.3 Å². The van der Waals surface area contributed by atoms with Crippen molar-refractivity contribution in [2.24, 2.45) is 5.92 Å². The van der Waals surface area contributed by atoms with Gasteiger partial charge in [0, 0.05) is 18.2 Å². The molecule has 5 nitrogen and oxygen atoms in total. The monoisotopic (exact) mass is 279 g/mol. The molecule has 1 rings (SSSR count). The summed E-state index contributed by atoms with van der Waals surface area (Å²) in [7, 11) is 1.54. The van der Waals surface area contributed by atoms with Crippen LogP contribution in [0.1, 0.15) is 31.1 Å². The lowest BCUT2D eigenvalue weighted by molar-refractivity contribution is -0.141. The summed E-state index contributed by atoms with van der Waals surface area (Å²) in [6, 6.07) is 6.78. The number of carbonyl (C=O) groups is 2. The minimum Gasteiger partial charge on any atom is -0.497 e. The van der Waals surface area contributed by atoms with E-state index < -0.39 is 11.9 Å². The Morgan fingerprint density at radius 3 is 2.45 bits per heavy atom. The van der Waals surface area contributed by atoms with Gasteiger partial charge in [-0.1, -0.05) is 13.0 Å². The highest BCUT2D eigenvalue weighted by Gasteiger charge is 2.24. The van der Waals surface area contributed by atoms with Gasteiger partial charge in [-0.05, 0) is 32.0 Å². The molecule has 5 heteroatoms. The smallest absolute Gasteiger partial charge is 0.308 e. The number of methoxy groups -OCH3 is 1. The molecular weight excluding hydrogens is 258 g/mol. The van der Waals surface area contributed by atoms with Crippen molar-refractivity contribution >= 4 is 11.9 Å². The number of aliphatic carboxylic acids is 1. The highest BCUT2D eigenvalue weighted by Crippen LogP contribution is 2.16. The fraction of sp³-hybridized carbons (Fsp3) is 0.467. The Morgan fingerprint density at radius 1 is 1.30 bits per heavy atom. The Hall–Kier alpha value is -2.04. The van der Waals surface area contributed by atoms with Crippen molar-refractivity contribution in [3.63, 3.8) is 0 Å². The zero-order chi connectivity index (χ0) is 15.3. The second kappa shape index (κ2) is 6.93. The molecule has 0 saturated carbocycles. The Balaban J connectivity index is 2.96. The van der Waals surface area contributed by atoms with E-state index in [0.717, 1.165) is 0 Å². The molecule has 0 aliphatic heterocycles. The molecule has 0 aliphatic rings. The third-order valence-electron chi connectivity index (χ3n) is 3.09. The maximum Gasteiger partial charge on any atom is 0.308 e. The summed E-state index contributed by atoms with van der Waals surface area (Å²) in [6.45, 7) is 5.51. The zero-order valence-electron chi connectivity index (χ0n) is 12.3. The fourth-order valence-corrected chi connectivity index (χ4v) is 1.82. The first-order chi connectivity index (χ1) is 9.36. The van der Waals surface area contributed by atoms with Crippen molar-refractivity contribution in [1.82, 2.24) is 4.90 Å². The van der Waals surface area contributed by atoms with Crippen LogP contribution in [0.4, 0.5) is 0 Å². The van der Waals surface area contributed by atoms with E-state index in [9.17, 15) is 9.59 Å². The van der Waals surface area contributed by atoms with Gasteiger partial charge in [0.25, 0.3) is 5.91 Å². The summed E-state index contributed by atoms with van der Waals surface area (Å²) in [5.74, 6) is -1.10. The van der Waals surface area contributed by atoms with Gasteiger partial charge in [0.15, 0.2) is 0 Å². The van der Waals surface area contributed by atoms with Crippen LogP contribution >= 0.6 is 0 Å². The first kappa shape index (κ1) is 16.0. The van der Waals surface area contributed by atoms with E-state index in [2.05, 4.69) is 0 Å². The van der Waals surface area contributed by atoms with Crippen LogP contribution in [0.5, 0.6) is 5.75 Å². The van der Waals surface area contributed by atoms with Crippen molar-refractivity contribution in [2.75, 3.05) is 13.7 Å². The van der Waals surface area contributed by atoms with Crippen LogP contribution in [0.15, 0.2) is 24.3 Å². The van der Waals surface area contributed by atoms with Crippen LogP contribution < -0.4 is 4.74 Å². The second-order valence-corrected chi connectivity index (χ2v) is 5.02. The molecule has 0 aliphatic carbocycles. The molecule has 20 heavy (non-hydrogen) atoms. The van der Waals surface area contributed by atoms with Crippen LogP contribution in [0.3, 0.4) is 0 Å². The van der Waals surface area contributed by atoms with E-state index in [1.807, 2.05) is 13.8 Å². The lowest BCUT2D eigenvalue weighted by atomic mass is 10.1. The standard InChI is InChI=1S/C15H21NO4/c1-10(2)16(9-11(3)15(18)19)14(17)12-6-5-7-13(8-12)20-4/h5-8,10-11H,9H2,1-4H3,(H,18,19). The number of ether oxygens (including phenoxy) is 1. The lowest BCUT2D eigenvalue weighted by Gasteiger charge is -2.28.